The number of nitrogens with zero attached hydrogens (tertiary/aromatic N) is 2. The number of imide groups is 1. The van der Waals surface area contributed by atoms with Crippen molar-refractivity contribution in [3.8, 4) is 0 Å². The number of nitro groups is 1. The van der Waals surface area contributed by atoms with Gasteiger partial charge in [-0.05, 0) is 36.1 Å². The van der Waals surface area contributed by atoms with Crippen molar-refractivity contribution in [1.82, 2.24) is 4.90 Å². The second-order valence-corrected chi connectivity index (χ2v) is 6.31. The van der Waals surface area contributed by atoms with E-state index < -0.39 is 16.7 Å². The lowest BCUT2D eigenvalue weighted by molar-refractivity contribution is -0.384. The topological polar surface area (TPSA) is 97.6 Å². The van der Waals surface area contributed by atoms with Gasteiger partial charge >= 0.3 is 0 Å². The summed E-state index contributed by atoms with van der Waals surface area (Å²) >= 11 is 0. The zero-order valence-electron chi connectivity index (χ0n) is 15.0. The Balaban J connectivity index is 1.90. The maximum atomic E-state index is 12.8. The van der Waals surface area contributed by atoms with Crippen molar-refractivity contribution in [2.75, 3.05) is 6.54 Å². The van der Waals surface area contributed by atoms with Gasteiger partial charge in [-0.1, -0.05) is 26.0 Å². The molecule has 0 saturated carbocycles. The fourth-order valence-electron chi connectivity index (χ4n) is 3.18. The predicted molar refractivity (Wildman–Crippen MR) is 98.0 cm³/mol. The van der Waals surface area contributed by atoms with Crippen LogP contribution in [0.5, 0.6) is 0 Å². The second kappa shape index (κ2) is 7.11. The minimum atomic E-state index is -0.684. The number of ketones is 1. The van der Waals surface area contributed by atoms with Gasteiger partial charge in [-0.3, -0.25) is 29.4 Å². The third-order valence-electron chi connectivity index (χ3n) is 4.73. The van der Waals surface area contributed by atoms with E-state index in [1.165, 1.54) is 12.1 Å². The van der Waals surface area contributed by atoms with Gasteiger partial charge in [-0.25, -0.2) is 0 Å². The van der Waals surface area contributed by atoms with Crippen molar-refractivity contribution >= 4 is 23.3 Å². The van der Waals surface area contributed by atoms with Crippen LogP contribution in [0.3, 0.4) is 0 Å². The highest BCUT2D eigenvalue weighted by Gasteiger charge is 2.38. The standard InChI is InChI=1S/C20H18N2O5/c1-3-12-5-6-13(4-2)16(9-12)18(23)11-21-19(24)15-8-7-14(22(26)27)10-17(15)20(21)25/h5-10H,3-4,11H2,1-2H3. The zero-order chi connectivity index (χ0) is 19.7. The van der Waals surface area contributed by atoms with E-state index in [-0.39, 0.29) is 29.1 Å². The van der Waals surface area contributed by atoms with Crippen molar-refractivity contribution in [3.63, 3.8) is 0 Å². The molecule has 0 aromatic heterocycles. The van der Waals surface area contributed by atoms with Crippen LogP contribution in [-0.4, -0.2) is 34.0 Å². The Morgan fingerprint density at radius 1 is 1.00 bits per heavy atom. The fourth-order valence-corrected chi connectivity index (χ4v) is 3.18. The number of Topliss-reactive ketones (excluding diaryl/α,β-unsaturated/α-hetero) is 1. The van der Waals surface area contributed by atoms with Crippen molar-refractivity contribution in [2.24, 2.45) is 0 Å². The molecule has 0 atom stereocenters. The SMILES string of the molecule is CCc1ccc(CC)c(C(=O)CN2C(=O)c3ccc([N+](=O)[O-])cc3C2=O)c1. The molecule has 0 fully saturated rings. The van der Waals surface area contributed by atoms with Gasteiger partial charge < -0.3 is 0 Å². The molecule has 138 valence electrons. The molecule has 1 aliphatic heterocycles. The van der Waals surface area contributed by atoms with Crippen LogP contribution in [-0.2, 0) is 12.8 Å². The first-order valence-electron chi connectivity index (χ1n) is 8.67. The summed E-state index contributed by atoms with van der Waals surface area (Å²) in [6.45, 7) is 3.52. The molecule has 7 nitrogen and oxygen atoms in total. The van der Waals surface area contributed by atoms with E-state index in [0.29, 0.717) is 12.0 Å². The first-order chi connectivity index (χ1) is 12.9. The number of amides is 2. The van der Waals surface area contributed by atoms with E-state index >= 15 is 0 Å². The van der Waals surface area contributed by atoms with Crippen LogP contribution in [0, 0.1) is 10.1 Å². The van der Waals surface area contributed by atoms with Crippen LogP contribution in [0.25, 0.3) is 0 Å². The Morgan fingerprint density at radius 2 is 1.70 bits per heavy atom. The van der Waals surface area contributed by atoms with E-state index in [1.54, 1.807) is 6.07 Å². The lowest BCUT2D eigenvalue weighted by Gasteiger charge is -2.15. The van der Waals surface area contributed by atoms with Crippen LogP contribution < -0.4 is 0 Å². The first kappa shape index (κ1) is 18.4. The molecule has 0 unspecified atom stereocenters. The monoisotopic (exact) mass is 366 g/mol. The highest BCUT2D eigenvalue weighted by Crippen LogP contribution is 2.27. The van der Waals surface area contributed by atoms with E-state index in [0.717, 1.165) is 28.5 Å². The smallest absolute Gasteiger partial charge is 0.270 e. The molecule has 2 aromatic rings. The first-order valence-corrected chi connectivity index (χ1v) is 8.67. The molecule has 0 saturated heterocycles. The molecule has 2 aromatic carbocycles. The number of benzene rings is 2. The molecule has 0 aliphatic carbocycles. The number of hydrogen-bond donors (Lipinski definition) is 0. The third kappa shape index (κ3) is 3.23. The summed E-state index contributed by atoms with van der Waals surface area (Å²) in [5.74, 6) is -1.62. The van der Waals surface area contributed by atoms with Gasteiger partial charge in [0, 0.05) is 17.7 Å². The summed E-state index contributed by atoms with van der Waals surface area (Å²) in [6.07, 6.45) is 1.42. The molecule has 1 aliphatic rings. The van der Waals surface area contributed by atoms with Gasteiger partial charge in [0.05, 0.1) is 22.6 Å². The van der Waals surface area contributed by atoms with Crippen molar-refractivity contribution in [3.05, 3.63) is 74.3 Å². The number of aryl methyl sites for hydroxylation is 2. The van der Waals surface area contributed by atoms with Crippen LogP contribution in [0.15, 0.2) is 36.4 Å². The number of carbonyl (C=O) groups excluding carboxylic acids is 3. The minimum Gasteiger partial charge on any atom is -0.292 e. The molecule has 0 radical (unpaired) electrons. The van der Waals surface area contributed by atoms with Gasteiger partial charge in [0.2, 0.25) is 0 Å². The summed E-state index contributed by atoms with van der Waals surface area (Å²) in [6, 6.07) is 9.15. The van der Waals surface area contributed by atoms with E-state index in [1.807, 2.05) is 26.0 Å². The van der Waals surface area contributed by atoms with Gasteiger partial charge in [0.1, 0.15) is 0 Å². The molecular formula is C20H18N2O5. The lowest BCUT2D eigenvalue weighted by Crippen LogP contribution is -2.35. The zero-order valence-corrected chi connectivity index (χ0v) is 15.0. The fraction of sp³-hybridized carbons (Fsp3) is 0.250. The molecule has 3 rings (SSSR count). The lowest BCUT2D eigenvalue weighted by atomic mass is 9.97. The summed E-state index contributed by atoms with van der Waals surface area (Å²) in [4.78, 5) is 49.0. The molecular weight excluding hydrogens is 348 g/mol. The van der Waals surface area contributed by atoms with Crippen LogP contribution in [0.2, 0.25) is 0 Å². The number of nitro benzene ring substituents is 1. The normalized spacial score (nSPS) is 13.0. The highest BCUT2D eigenvalue weighted by atomic mass is 16.6. The molecule has 0 bridgehead atoms. The highest BCUT2D eigenvalue weighted by molar-refractivity contribution is 6.23. The summed E-state index contributed by atoms with van der Waals surface area (Å²) < 4.78 is 0. The second-order valence-electron chi connectivity index (χ2n) is 6.31. The van der Waals surface area contributed by atoms with Crippen molar-refractivity contribution in [1.29, 1.82) is 0 Å². The maximum Gasteiger partial charge on any atom is 0.270 e. The quantitative estimate of drug-likeness (QED) is 0.338. The van der Waals surface area contributed by atoms with Crippen molar-refractivity contribution < 1.29 is 19.3 Å². The molecule has 0 spiro atoms. The predicted octanol–water partition coefficient (Wildman–Crippen LogP) is 3.20. The molecule has 2 amide bonds. The van der Waals surface area contributed by atoms with Gasteiger partial charge in [-0.15, -0.1) is 0 Å². The molecule has 0 N–H and O–H groups in total. The Morgan fingerprint density at radius 3 is 2.33 bits per heavy atom. The summed E-state index contributed by atoms with van der Waals surface area (Å²) in [5, 5.41) is 10.9. The van der Waals surface area contributed by atoms with Crippen LogP contribution in [0.1, 0.15) is 56.0 Å². The third-order valence-corrected chi connectivity index (χ3v) is 4.73. The van der Waals surface area contributed by atoms with Gasteiger partial charge in [0.25, 0.3) is 17.5 Å². The Labute approximate surface area is 155 Å². The van der Waals surface area contributed by atoms with Crippen LogP contribution in [0.4, 0.5) is 5.69 Å². The molecule has 7 heteroatoms. The summed E-state index contributed by atoms with van der Waals surface area (Å²) in [5.41, 5.74) is 2.11. The van der Waals surface area contributed by atoms with E-state index in [9.17, 15) is 24.5 Å². The summed E-state index contributed by atoms with van der Waals surface area (Å²) in [7, 11) is 0. The van der Waals surface area contributed by atoms with Gasteiger partial charge in [-0.2, -0.15) is 0 Å². The molecule has 1 heterocycles. The Bertz CT molecular complexity index is 980. The molecule has 27 heavy (non-hydrogen) atoms. The van der Waals surface area contributed by atoms with E-state index in [2.05, 4.69) is 0 Å². The number of rotatable bonds is 6. The maximum absolute atomic E-state index is 12.8. The number of carbonyl (C=O) groups is 3. The largest absolute Gasteiger partial charge is 0.292 e. The van der Waals surface area contributed by atoms with Crippen molar-refractivity contribution in [2.45, 2.75) is 26.7 Å². The Hall–Kier alpha value is -3.35. The average molecular weight is 366 g/mol. The average Bonchev–Trinajstić information content (AvgIpc) is 2.91. The Kier molecular flexibility index (Phi) is 4.85. The number of non-ortho nitro benzene ring substituents is 1. The van der Waals surface area contributed by atoms with Gasteiger partial charge in [0.15, 0.2) is 5.78 Å². The van der Waals surface area contributed by atoms with Crippen LogP contribution >= 0.6 is 0 Å². The number of hydrogen-bond acceptors (Lipinski definition) is 5. The van der Waals surface area contributed by atoms with E-state index in [4.69, 9.17) is 0 Å². The minimum absolute atomic E-state index is 0.0416. The number of fused-ring (bicyclic) bond motifs is 1.